The highest BCUT2D eigenvalue weighted by Crippen LogP contribution is 2.23. The van der Waals surface area contributed by atoms with E-state index in [4.69, 9.17) is 18.9 Å². The maximum atomic E-state index is 12.9. The highest BCUT2D eigenvalue weighted by molar-refractivity contribution is 5.71. The minimum atomic E-state index is -0.241. The molecule has 1 aliphatic heterocycles. The van der Waals surface area contributed by atoms with Gasteiger partial charge in [-0.1, -0.05) is 169 Å². The molecule has 1 atom stereocenters. The normalized spacial score (nSPS) is 14.2. The Morgan fingerprint density at radius 1 is 0.459 bits per heavy atom. The summed E-state index contributed by atoms with van der Waals surface area (Å²) >= 11 is 0. The molecule has 1 unspecified atom stereocenters. The first kappa shape index (κ1) is 57.3. The van der Waals surface area contributed by atoms with Crippen molar-refractivity contribution in [1.29, 1.82) is 0 Å². The third kappa shape index (κ3) is 36.4. The number of nitrogens with zero attached hydrogens (tertiary/aromatic N) is 1. The fourth-order valence-electron chi connectivity index (χ4n) is 8.83. The number of carbonyl (C=O) groups excluding carboxylic acids is 3. The van der Waals surface area contributed by atoms with Crippen molar-refractivity contribution in [2.45, 2.75) is 284 Å². The second-order valence-corrected chi connectivity index (χ2v) is 18.9. The van der Waals surface area contributed by atoms with E-state index in [0.717, 1.165) is 135 Å². The Labute approximate surface area is 377 Å². The van der Waals surface area contributed by atoms with Gasteiger partial charge in [0.2, 0.25) is 0 Å². The number of unbranched alkanes of at least 4 members (excludes halogenated alkanes) is 20. The third-order valence-corrected chi connectivity index (χ3v) is 13.0. The Balaban J connectivity index is 2.40. The van der Waals surface area contributed by atoms with Crippen LogP contribution in [0.25, 0.3) is 0 Å². The van der Waals surface area contributed by atoms with Gasteiger partial charge < -0.3 is 23.8 Å². The number of hydrogen-bond acceptors (Lipinski definition) is 8. The van der Waals surface area contributed by atoms with E-state index in [1.807, 2.05) is 0 Å². The van der Waals surface area contributed by atoms with Gasteiger partial charge in [-0.15, -0.1) is 0 Å². The van der Waals surface area contributed by atoms with Crippen LogP contribution in [0.3, 0.4) is 0 Å². The van der Waals surface area contributed by atoms with Gasteiger partial charge in [0.1, 0.15) is 18.8 Å². The lowest BCUT2D eigenvalue weighted by atomic mass is 9.92. The Kier molecular flexibility index (Phi) is 39.8. The van der Waals surface area contributed by atoms with Gasteiger partial charge in [0.25, 0.3) is 0 Å². The zero-order valence-electron chi connectivity index (χ0n) is 41.1. The highest BCUT2D eigenvalue weighted by Gasteiger charge is 2.21. The van der Waals surface area contributed by atoms with E-state index in [2.05, 4.69) is 39.6 Å². The minimum absolute atomic E-state index is 0.0174. The number of esters is 3. The Morgan fingerprint density at radius 2 is 0.836 bits per heavy atom. The van der Waals surface area contributed by atoms with Crippen molar-refractivity contribution < 1.29 is 33.3 Å². The highest BCUT2D eigenvalue weighted by atomic mass is 16.6. The van der Waals surface area contributed by atoms with E-state index in [9.17, 15) is 14.4 Å². The summed E-state index contributed by atoms with van der Waals surface area (Å²) in [5, 5.41) is 0. The Hall–Kier alpha value is -1.67. The summed E-state index contributed by atoms with van der Waals surface area (Å²) in [6.45, 7) is 11.6. The van der Waals surface area contributed by atoms with Gasteiger partial charge in [-0.2, -0.15) is 0 Å². The average Bonchev–Trinajstić information content (AvgIpc) is 3.25. The molecule has 360 valence electrons. The molecule has 1 rings (SSSR count). The molecule has 8 nitrogen and oxygen atoms in total. The lowest BCUT2D eigenvalue weighted by molar-refractivity contribution is -0.158. The molecule has 0 saturated carbocycles. The van der Waals surface area contributed by atoms with Crippen molar-refractivity contribution in [2.24, 2.45) is 5.92 Å². The number of piperidine rings is 1. The van der Waals surface area contributed by atoms with Crippen molar-refractivity contribution in [3.05, 3.63) is 0 Å². The van der Waals surface area contributed by atoms with Crippen LogP contribution in [0, 0.1) is 5.92 Å². The molecule has 0 aliphatic carbocycles. The van der Waals surface area contributed by atoms with Gasteiger partial charge in [-0.05, 0) is 96.4 Å². The van der Waals surface area contributed by atoms with E-state index in [-0.39, 0.29) is 42.8 Å². The van der Waals surface area contributed by atoms with E-state index in [1.54, 1.807) is 0 Å². The molecular weight excluding hydrogens is 763 g/mol. The van der Waals surface area contributed by atoms with E-state index >= 15 is 0 Å². The van der Waals surface area contributed by atoms with E-state index < -0.39 is 0 Å². The number of likely N-dealkylation sites (tertiary alicyclic amines) is 1. The van der Waals surface area contributed by atoms with Crippen LogP contribution in [0.2, 0.25) is 0 Å². The number of carbonyl (C=O) groups is 3. The van der Waals surface area contributed by atoms with Crippen LogP contribution in [0.1, 0.15) is 265 Å². The minimum Gasteiger partial charge on any atom is -0.466 e. The summed E-state index contributed by atoms with van der Waals surface area (Å²) < 4.78 is 23.7. The molecule has 0 aromatic heterocycles. The molecule has 61 heavy (non-hydrogen) atoms. The molecule has 1 fully saturated rings. The lowest BCUT2D eigenvalue weighted by Crippen LogP contribution is -2.35. The molecular formula is C53H101NO7. The van der Waals surface area contributed by atoms with Crippen molar-refractivity contribution in [2.75, 3.05) is 33.4 Å². The van der Waals surface area contributed by atoms with Crippen molar-refractivity contribution in [1.82, 2.24) is 4.90 Å². The first-order valence-electron chi connectivity index (χ1n) is 26.7. The van der Waals surface area contributed by atoms with Crippen LogP contribution >= 0.6 is 0 Å². The molecule has 0 N–H and O–H groups in total. The molecule has 0 amide bonds. The second-order valence-electron chi connectivity index (χ2n) is 18.9. The summed E-state index contributed by atoms with van der Waals surface area (Å²) in [6.07, 6.45) is 40.6. The molecule has 0 aromatic carbocycles. The molecule has 8 heteroatoms. The van der Waals surface area contributed by atoms with Crippen LogP contribution < -0.4 is 0 Å². The first-order chi connectivity index (χ1) is 29.8. The van der Waals surface area contributed by atoms with Gasteiger partial charge in [-0.25, -0.2) is 4.79 Å². The van der Waals surface area contributed by atoms with Crippen molar-refractivity contribution in [3.8, 4) is 0 Å². The summed E-state index contributed by atoms with van der Waals surface area (Å²) in [7, 11) is 2.13. The number of ether oxygens (including phenoxy) is 4. The standard InChI is InChI=1S/C53H101NO7/c1-6-10-14-18-26-34-49(35-27-19-15-11-7-2)60-52(56)39-31-23-17-21-29-37-50(61-53(57)46-59-48-40-43-54(5)44-41-48)36-28-20-16-22-30-38-51(55)58-45-42-47(32-24-12-8-3)33-25-13-9-4/h47-50H,6-46H2,1-5H3. The smallest absolute Gasteiger partial charge is 0.332 e. The van der Waals surface area contributed by atoms with Gasteiger partial charge in [0.05, 0.1) is 12.7 Å². The van der Waals surface area contributed by atoms with Gasteiger partial charge in [0.15, 0.2) is 0 Å². The van der Waals surface area contributed by atoms with E-state index in [1.165, 1.54) is 103 Å². The monoisotopic (exact) mass is 864 g/mol. The fraction of sp³-hybridized carbons (Fsp3) is 0.943. The summed E-state index contributed by atoms with van der Waals surface area (Å²) in [6, 6.07) is 0. The fourth-order valence-corrected chi connectivity index (χ4v) is 8.83. The first-order valence-corrected chi connectivity index (χ1v) is 26.7. The molecule has 1 heterocycles. The van der Waals surface area contributed by atoms with Crippen LogP contribution in [-0.4, -0.2) is 74.5 Å². The zero-order chi connectivity index (χ0) is 44.4. The molecule has 0 radical (unpaired) electrons. The number of hydrogen-bond donors (Lipinski definition) is 0. The molecule has 0 aromatic rings. The van der Waals surface area contributed by atoms with Crippen LogP contribution in [0.4, 0.5) is 0 Å². The Morgan fingerprint density at radius 3 is 1.31 bits per heavy atom. The lowest BCUT2D eigenvalue weighted by Gasteiger charge is -2.28. The van der Waals surface area contributed by atoms with Crippen LogP contribution in [0.15, 0.2) is 0 Å². The van der Waals surface area contributed by atoms with Crippen LogP contribution in [0.5, 0.6) is 0 Å². The van der Waals surface area contributed by atoms with Gasteiger partial charge in [0, 0.05) is 25.9 Å². The van der Waals surface area contributed by atoms with Crippen molar-refractivity contribution in [3.63, 3.8) is 0 Å². The van der Waals surface area contributed by atoms with Gasteiger partial charge >= 0.3 is 17.9 Å². The Bertz CT molecular complexity index is 975. The third-order valence-electron chi connectivity index (χ3n) is 13.0. The second kappa shape index (κ2) is 42.3. The predicted molar refractivity (Wildman–Crippen MR) is 255 cm³/mol. The van der Waals surface area contributed by atoms with Gasteiger partial charge in [-0.3, -0.25) is 9.59 Å². The molecule has 0 bridgehead atoms. The molecule has 0 spiro atoms. The summed E-state index contributed by atoms with van der Waals surface area (Å²) in [5.41, 5.74) is 0. The maximum Gasteiger partial charge on any atom is 0.332 e. The predicted octanol–water partition coefficient (Wildman–Crippen LogP) is 14.8. The molecule has 1 saturated heterocycles. The average molecular weight is 864 g/mol. The molecule has 1 aliphatic rings. The number of rotatable bonds is 44. The van der Waals surface area contributed by atoms with Crippen LogP contribution in [-0.2, 0) is 33.3 Å². The van der Waals surface area contributed by atoms with Crippen molar-refractivity contribution >= 4 is 17.9 Å². The SMILES string of the molecule is CCCCCCCC(CCCCCCC)OC(=O)CCCCCCCC(CCCCCCCC(=O)OCCC(CCCCC)CCCCC)OC(=O)COC1CCN(C)CC1. The quantitative estimate of drug-likeness (QED) is 0.0340. The largest absolute Gasteiger partial charge is 0.466 e. The zero-order valence-corrected chi connectivity index (χ0v) is 41.1. The topological polar surface area (TPSA) is 91.4 Å². The van der Waals surface area contributed by atoms with E-state index in [0.29, 0.717) is 25.4 Å². The maximum absolute atomic E-state index is 12.9. The summed E-state index contributed by atoms with van der Waals surface area (Å²) in [5.74, 6) is 0.381. The summed E-state index contributed by atoms with van der Waals surface area (Å²) in [4.78, 5) is 40.5.